The van der Waals surface area contributed by atoms with E-state index in [0.717, 1.165) is 37.8 Å². The smallest absolute Gasteiger partial charge is 0.0982 e. The predicted octanol–water partition coefficient (Wildman–Crippen LogP) is 10.1. The van der Waals surface area contributed by atoms with E-state index in [0.29, 0.717) is 12.5 Å². The number of nitrogens with zero attached hydrogens (tertiary/aromatic N) is 1. The van der Waals surface area contributed by atoms with E-state index in [1.54, 1.807) is 5.57 Å². The Bertz CT molecular complexity index is 578. The SMILES string of the molecule is CCCCCCCCC(CCCCCC)C(OCCC(CCCN(C)CCCCO)CCC1CC1)=C1CC1. The van der Waals surface area contributed by atoms with Crippen LogP contribution < -0.4 is 0 Å². The van der Waals surface area contributed by atoms with Crippen LogP contribution in [0.5, 0.6) is 0 Å². The summed E-state index contributed by atoms with van der Waals surface area (Å²) in [4.78, 5) is 2.46. The van der Waals surface area contributed by atoms with Crippen LogP contribution in [0.1, 0.15) is 162 Å². The molecule has 0 saturated heterocycles. The van der Waals surface area contributed by atoms with Crippen molar-refractivity contribution in [2.75, 3.05) is 33.4 Å². The Kier molecular flexibility index (Phi) is 19.7. The van der Waals surface area contributed by atoms with Gasteiger partial charge in [-0.1, -0.05) is 104 Å². The molecule has 3 heteroatoms. The van der Waals surface area contributed by atoms with Gasteiger partial charge in [-0.3, -0.25) is 0 Å². The quantitative estimate of drug-likeness (QED) is 0.0802. The molecule has 2 rings (SSSR count). The van der Waals surface area contributed by atoms with E-state index in [9.17, 15) is 0 Å². The van der Waals surface area contributed by atoms with Gasteiger partial charge in [-0.25, -0.2) is 0 Å². The van der Waals surface area contributed by atoms with E-state index in [2.05, 4.69) is 25.8 Å². The molecule has 0 aromatic carbocycles. The highest BCUT2D eigenvalue weighted by molar-refractivity contribution is 5.23. The molecule has 0 aromatic heterocycles. The van der Waals surface area contributed by atoms with Crippen molar-refractivity contribution in [1.29, 1.82) is 0 Å². The first-order valence-corrected chi connectivity index (χ1v) is 17.3. The average molecular weight is 534 g/mol. The summed E-state index contributed by atoms with van der Waals surface area (Å²) in [5, 5.41) is 9.04. The van der Waals surface area contributed by atoms with Crippen molar-refractivity contribution in [2.45, 2.75) is 162 Å². The Labute approximate surface area is 238 Å². The van der Waals surface area contributed by atoms with Crippen LogP contribution in [0.25, 0.3) is 0 Å². The molecule has 0 aliphatic heterocycles. The molecular formula is C35H67NO2. The van der Waals surface area contributed by atoms with E-state index in [1.807, 2.05) is 0 Å². The lowest BCUT2D eigenvalue weighted by Gasteiger charge is -2.24. The van der Waals surface area contributed by atoms with Gasteiger partial charge in [-0.15, -0.1) is 0 Å². The van der Waals surface area contributed by atoms with Crippen LogP contribution in [0.3, 0.4) is 0 Å². The number of rotatable bonds is 28. The van der Waals surface area contributed by atoms with Gasteiger partial charge in [-0.05, 0) is 95.3 Å². The van der Waals surface area contributed by atoms with E-state index >= 15 is 0 Å². The summed E-state index contributed by atoms with van der Waals surface area (Å²) in [6, 6.07) is 0. The van der Waals surface area contributed by atoms with Gasteiger partial charge >= 0.3 is 0 Å². The number of aliphatic hydroxyl groups excluding tert-OH is 1. The molecule has 2 atom stereocenters. The summed E-state index contributed by atoms with van der Waals surface area (Å²) >= 11 is 0. The third-order valence-corrected chi connectivity index (χ3v) is 9.10. The molecule has 0 spiro atoms. The standard InChI is InChI=1S/C35H67NO2/c1-4-6-8-10-11-13-19-33(18-12-9-7-5-2)35(34-24-25-34)38-30-26-31(20-21-32-22-23-32)17-16-28-36(3)27-14-15-29-37/h31-33,37H,4-30H2,1-3H3. The van der Waals surface area contributed by atoms with Gasteiger partial charge in [0.05, 0.1) is 12.4 Å². The second-order valence-electron chi connectivity index (χ2n) is 13.0. The highest BCUT2D eigenvalue weighted by Gasteiger charge is 2.27. The third-order valence-electron chi connectivity index (χ3n) is 9.10. The Morgan fingerprint density at radius 1 is 0.763 bits per heavy atom. The van der Waals surface area contributed by atoms with Crippen molar-refractivity contribution in [3.05, 3.63) is 11.3 Å². The average Bonchev–Trinajstić information content (AvgIpc) is 3.83. The Morgan fingerprint density at radius 3 is 2.03 bits per heavy atom. The molecule has 0 heterocycles. The minimum Gasteiger partial charge on any atom is -0.498 e. The van der Waals surface area contributed by atoms with Crippen LogP contribution in [0.4, 0.5) is 0 Å². The van der Waals surface area contributed by atoms with Gasteiger partial charge in [0, 0.05) is 12.5 Å². The Morgan fingerprint density at radius 2 is 1.39 bits per heavy atom. The van der Waals surface area contributed by atoms with Crippen LogP contribution >= 0.6 is 0 Å². The highest BCUT2D eigenvalue weighted by Crippen LogP contribution is 2.40. The summed E-state index contributed by atoms with van der Waals surface area (Å²) in [6.07, 6.45) is 30.9. The van der Waals surface area contributed by atoms with Gasteiger partial charge in [0.15, 0.2) is 0 Å². The first kappa shape index (κ1) is 33.7. The fourth-order valence-corrected chi connectivity index (χ4v) is 6.11. The molecule has 2 aliphatic rings. The van der Waals surface area contributed by atoms with Crippen LogP contribution in [0.2, 0.25) is 0 Å². The van der Waals surface area contributed by atoms with E-state index in [1.165, 1.54) is 147 Å². The third kappa shape index (κ3) is 17.2. The zero-order valence-electron chi connectivity index (χ0n) is 26.1. The molecule has 2 fully saturated rings. The molecule has 38 heavy (non-hydrogen) atoms. The van der Waals surface area contributed by atoms with E-state index in [-0.39, 0.29) is 0 Å². The van der Waals surface area contributed by atoms with Crippen molar-refractivity contribution in [3.8, 4) is 0 Å². The monoisotopic (exact) mass is 534 g/mol. The van der Waals surface area contributed by atoms with Gasteiger partial charge in [0.25, 0.3) is 0 Å². The molecule has 0 amide bonds. The number of hydrogen-bond donors (Lipinski definition) is 1. The highest BCUT2D eigenvalue weighted by atomic mass is 16.5. The maximum absolute atomic E-state index is 9.04. The number of ether oxygens (including phenoxy) is 1. The van der Waals surface area contributed by atoms with Gasteiger partial charge in [-0.2, -0.15) is 0 Å². The minimum atomic E-state index is 0.327. The lowest BCUT2D eigenvalue weighted by Crippen LogP contribution is -2.22. The number of unbranched alkanes of at least 4 members (excludes halogenated alkanes) is 9. The zero-order valence-corrected chi connectivity index (χ0v) is 26.1. The second kappa shape index (κ2) is 22.2. The van der Waals surface area contributed by atoms with Crippen LogP contribution in [0.15, 0.2) is 11.3 Å². The molecule has 0 bridgehead atoms. The first-order chi connectivity index (χ1) is 18.7. The topological polar surface area (TPSA) is 32.7 Å². The predicted molar refractivity (Wildman–Crippen MR) is 166 cm³/mol. The number of allylic oxidation sites excluding steroid dienone is 2. The van der Waals surface area contributed by atoms with Gasteiger partial charge < -0.3 is 14.7 Å². The fourth-order valence-electron chi connectivity index (χ4n) is 6.11. The summed E-state index contributed by atoms with van der Waals surface area (Å²) in [5.41, 5.74) is 1.66. The Balaban J connectivity index is 1.80. The molecule has 2 aliphatic carbocycles. The minimum absolute atomic E-state index is 0.327. The molecular weight excluding hydrogens is 466 g/mol. The van der Waals surface area contributed by atoms with Crippen molar-refractivity contribution < 1.29 is 9.84 Å². The van der Waals surface area contributed by atoms with Crippen LogP contribution in [0, 0.1) is 17.8 Å². The molecule has 0 aromatic rings. The Hall–Kier alpha value is -0.540. The fraction of sp³-hybridized carbons (Fsp3) is 0.943. The lowest BCUT2D eigenvalue weighted by molar-refractivity contribution is 0.144. The van der Waals surface area contributed by atoms with E-state index in [4.69, 9.17) is 9.84 Å². The maximum Gasteiger partial charge on any atom is 0.0982 e. The van der Waals surface area contributed by atoms with E-state index < -0.39 is 0 Å². The number of hydrogen-bond acceptors (Lipinski definition) is 3. The summed E-state index contributed by atoms with van der Waals surface area (Å²) in [5.74, 6) is 4.01. The summed E-state index contributed by atoms with van der Waals surface area (Å²) in [7, 11) is 2.25. The van der Waals surface area contributed by atoms with Gasteiger partial charge in [0.2, 0.25) is 0 Å². The summed E-state index contributed by atoms with van der Waals surface area (Å²) < 4.78 is 6.77. The molecule has 2 saturated carbocycles. The van der Waals surface area contributed by atoms with Crippen molar-refractivity contribution in [1.82, 2.24) is 4.90 Å². The molecule has 1 N–H and O–H groups in total. The zero-order chi connectivity index (χ0) is 27.3. The first-order valence-electron chi connectivity index (χ1n) is 17.3. The van der Waals surface area contributed by atoms with Crippen LogP contribution in [-0.2, 0) is 4.74 Å². The van der Waals surface area contributed by atoms with Gasteiger partial charge in [0.1, 0.15) is 0 Å². The largest absolute Gasteiger partial charge is 0.498 e. The normalized spacial score (nSPS) is 16.7. The maximum atomic E-state index is 9.04. The summed E-state index contributed by atoms with van der Waals surface area (Å²) in [6.45, 7) is 8.22. The molecule has 2 unspecified atom stereocenters. The van der Waals surface area contributed by atoms with Crippen LogP contribution in [-0.4, -0.2) is 43.4 Å². The lowest BCUT2D eigenvalue weighted by atomic mass is 9.91. The van der Waals surface area contributed by atoms with Crippen molar-refractivity contribution >= 4 is 0 Å². The molecule has 3 nitrogen and oxygen atoms in total. The van der Waals surface area contributed by atoms with Crippen molar-refractivity contribution in [3.63, 3.8) is 0 Å². The number of aliphatic hydroxyl groups is 1. The van der Waals surface area contributed by atoms with Crippen molar-refractivity contribution in [2.24, 2.45) is 17.8 Å². The second-order valence-corrected chi connectivity index (χ2v) is 13.0. The molecule has 224 valence electrons. The molecule has 0 radical (unpaired) electrons.